The number of nitrogens with zero attached hydrogens (tertiary/aromatic N) is 3. The van der Waals surface area contributed by atoms with Crippen molar-refractivity contribution in [1.29, 1.82) is 0 Å². The lowest BCUT2D eigenvalue weighted by molar-refractivity contribution is -0.116. The summed E-state index contributed by atoms with van der Waals surface area (Å²) in [5.74, 6) is -0.0506. The van der Waals surface area contributed by atoms with Gasteiger partial charge in [0, 0.05) is 11.8 Å². The van der Waals surface area contributed by atoms with Crippen molar-refractivity contribution < 1.29 is 4.79 Å². The number of aromatic nitrogens is 3. The van der Waals surface area contributed by atoms with Crippen LogP contribution in [-0.4, -0.2) is 20.7 Å². The van der Waals surface area contributed by atoms with Gasteiger partial charge in [-0.1, -0.05) is 35.6 Å². The lowest BCUT2D eigenvalue weighted by atomic mass is 10.2. The summed E-state index contributed by atoms with van der Waals surface area (Å²) in [6.45, 7) is 2.60. The SMILES string of the molecule is Cc1ccc2cnn(CCC(=O)Nc3nc4ccccc4s3)c2c1. The molecule has 2 aromatic carbocycles. The number of hydrogen-bond donors (Lipinski definition) is 1. The number of hydrogen-bond acceptors (Lipinski definition) is 4. The Kier molecular flexibility index (Phi) is 3.74. The number of amides is 1. The maximum atomic E-state index is 12.2. The Labute approximate surface area is 142 Å². The molecule has 0 saturated heterocycles. The van der Waals surface area contributed by atoms with Crippen molar-refractivity contribution in [3.8, 4) is 0 Å². The number of carbonyl (C=O) groups is 1. The van der Waals surface area contributed by atoms with Gasteiger partial charge in [0.05, 0.1) is 28.5 Å². The molecule has 5 nitrogen and oxygen atoms in total. The van der Waals surface area contributed by atoms with E-state index >= 15 is 0 Å². The van der Waals surface area contributed by atoms with E-state index in [0.717, 1.165) is 21.1 Å². The molecule has 4 rings (SSSR count). The Balaban J connectivity index is 1.45. The van der Waals surface area contributed by atoms with Gasteiger partial charge in [-0.05, 0) is 30.7 Å². The molecule has 1 N–H and O–H groups in total. The standard InChI is InChI=1S/C18H16N4OS/c1-12-6-7-13-11-19-22(15(13)10-12)9-8-17(23)21-18-20-14-4-2-3-5-16(14)24-18/h2-7,10-11H,8-9H2,1H3,(H,20,21,23). The number of anilines is 1. The van der Waals surface area contributed by atoms with E-state index in [1.165, 1.54) is 16.9 Å². The van der Waals surface area contributed by atoms with Crippen LogP contribution in [0, 0.1) is 6.92 Å². The first-order valence-corrected chi connectivity index (χ1v) is 8.58. The van der Waals surface area contributed by atoms with Gasteiger partial charge in [0.25, 0.3) is 0 Å². The zero-order chi connectivity index (χ0) is 16.5. The van der Waals surface area contributed by atoms with E-state index in [0.29, 0.717) is 18.1 Å². The average molecular weight is 336 g/mol. The molecule has 2 aromatic heterocycles. The molecule has 0 atom stereocenters. The Morgan fingerprint density at radius 1 is 1.25 bits per heavy atom. The minimum Gasteiger partial charge on any atom is -0.302 e. The van der Waals surface area contributed by atoms with Crippen molar-refractivity contribution >= 4 is 43.5 Å². The normalized spacial score (nSPS) is 11.2. The first-order valence-electron chi connectivity index (χ1n) is 7.77. The maximum Gasteiger partial charge on any atom is 0.228 e. The third-order valence-electron chi connectivity index (χ3n) is 3.89. The molecule has 6 heteroatoms. The molecule has 1 amide bonds. The monoisotopic (exact) mass is 336 g/mol. The van der Waals surface area contributed by atoms with E-state index in [4.69, 9.17) is 0 Å². The van der Waals surface area contributed by atoms with Gasteiger partial charge in [0.1, 0.15) is 0 Å². The molecule has 0 aliphatic heterocycles. The number of rotatable bonds is 4. The number of nitrogens with one attached hydrogen (secondary N) is 1. The van der Waals surface area contributed by atoms with Crippen LogP contribution in [0.15, 0.2) is 48.7 Å². The Bertz CT molecular complexity index is 1000. The molecule has 24 heavy (non-hydrogen) atoms. The zero-order valence-corrected chi connectivity index (χ0v) is 14.0. The van der Waals surface area contributed by atoms with Gasteiger partial charge in [-0.25, -0.2) is 4.98 Å². The molecule has 0 unspecified atom stereocenters. The minimum absolute atomic E-state index is 0.0506. The van der Waals surface area contributed by atoms with Crippen molar-refractivity contribution in [3.05, 3.63) is 54.2 Å². The molecule has 0 aliphatic carbocycles. The highest BCUT2D eigenvalue weighted by atomic mass is 32.1. The summed E-state index contributed by atoms with van der Waals surface area (Å²) in [6, 6.07) is 14.1. The highest BCUT2D eigenvalue weighted by Gasteiger charge is 2.09. The van der Waals surface area contributed by atoms with E-state index in [2.05, 4.69) is 40.5 Å². The maximum absolute atomic E-state index is 12.2. The van der Waals surface area contributed by atoms with Gasteiger partial charge in [0.2, 0.25) is 5.91 Å². The number of benzene rings is 2. The van der Waals surface area contributed by atoms with E-state index < -0.39 is 0 Å². The van der Waals surface area contributed by atoms with Gasteiger partial charge in [0.15, 0.2) is 5.13 Å². The summed E-state index contributed by atoms with van der Waals surface area (Å²) in [4.78, 5) is 16.6. The van der Waals surface area contributed by atoms with Crippen LogP contribution in [0.2, 0.25) is 0 Å². The molecule has 4 aromatic rings. The predicted molar refractivity (Wildman–Crippen MR) is 97.3 cm³/mol. The Morgan fingerprint density at radius 2 is 2.12 bits per heavy atom. The summed E-state index contributed by atoms with van der Waals surface area (Å²) < 4.78 is 2.95. The molecular weight excluding hydrogens is 320 g/mol. The fourth-order valence-electron chi connectivity index (χ4n) is 2.67. The number of aryl methyl sites for hydroxylation is 2. The molecular formula is C18H16N4OS. The summed E-state index contributed by atoms with van der Waals surface area (Å²) in [5.41, 5.74) is 3.15. The van der Waals surface area contributed by atoms with Crippen LogP contribution in [0.4, 0.5) is 5.13 Å². The van der Waals surface area contributed by atoms with Crippen LogP contribution in [0.25, 0.3) is 21.1 Å². The first kappa shape index (κ1) is 14.8. The first-order chi connectivity index (χ1) is 11.7. The van der Waals surface area contributed by atoms with Gasteiger partial charge in [-0.2, -0.15) is 5.10 Å². The molecule has 0 aliphatic rings. The van der Waals surface area contributed by atoms with Crippen molar-refractivity contribution in [1.82, 2.24) is 14.8 Å². The van der Waals surface area contributed by atoms with Crippen molar-refractivity contribution in [2.45, 2.75) is 19.9 Å². The fraction of sp³-hybridized carbons (Fsp3) is 0.167. The van der Waals surface area contributed by atoms with E-state index in [1.54, 1.807) is 0 Å². The van der Waals surface area contributed by atoms with E-state index in [-0.39, 0.29) is 5.91 Å². The van der Waals surface area contributed by atoms with Crippen molar-refractivity contribution in [2.24, 2.45) is 0 Å². The zero-order valence-electron chi connectivity index (χ0n) is 13.2. The Hall–Kier alpha value is -2.73. The summed E-state index contributed by atoms with van der Waals surface area (Å²) >= 11 is 1.49. The van der Waals surface area contributed by atoms with Crippen LogP contribution in [0.1, 0.15) is 12.0 Å². The second-order valence-corrected chi connectivity index (χ2v) is 6.75. The highest BCUT2D eigenvalue weighted by Crippen LogP contribution is 2.25. The summed E-state index contributed by atoms with van der Waals surface area (Å²) in [5, 5.41) is 8.99. The molecule has 120 valence electrons. The molecule has 0 spiro atoms. The smallest absolute Gasteiger partial charge is 0.228 e. The van der Waals surface area contributed by atoms with Gasteiger partial charge >= 0.3 is 0 Å². The molecule has 0 bridgehead atoms. The van der Waals surface area contributed by atoms with Crippen LogP contribution in [-0.2, 0) is 11.3 Å². The molecule has 0 fully saturated rings. The number of carbonyl (C=O) groups excluding carboxylic acids is 1. The molecule has 0 saturated carbocycles. The van der Waals surface area contributed by atoms with Gasteiger partial charge < -0.3 is 5.32 Å². The highest BCUT2D eigenvalue weighted by molar-refractivity contribution is 7.22. The molecule has 0 radical (unpaired) electrons. The van der Waals surface area contributed by atoms with Crippen LogP contribution < -0.4 is 5.32 Å². The number of fused-ring (bicyclic) bond motifs is 2. The van der Waals surface area contributed by atoms with E-state index in [1.807, 2.05) is 35.1 Å². The third-order valence-corrected chi connectivity index (χ3v) is 4.84. The minimum atomic E-state index is -0.0506. The van der Waals surface area contributed by atoms with Crippen LogP contribution >= 0.6 is 11.3 Å². The second kappa shape index (κ2) is 6.05. The lowest BCUT2D eigenvalue weighted by Gasteiger charge is -2.04. The number of thiazole rings is 1. The third kappa shape index (κ3) is 2.88. The average Bonchev–Trinajstić information content (AvgIpc) is 3.15. The summed E-state index contributed by atoms with van der Waals surface area (Å²) in [6.07, 6.45) is 2.20. The fourth-order valence-corrected chi connectivity index (χ4v) is 3.56. The Morgan fingerprint density at radius 3 is 3.00 bits per heavy atom. The largest absolute Gasteiger partial charge is 0.302 e. The van der Waals surface area contributed by atoms with Crippen LogP contribution in [0.3, 0.4) is 0 Å². The number of para-hydroxylation sites is 1. The summed E-state index contributed by atoms with van der Waals surface area (Å²) in [7, 11) is 0. The van der Waals surface area contributed by atoms with Crippen molar-refractivity contribution in [2.75, 3.05) is 5.32 Å². The van der Waals surface area contributed by atoms with Gasteiger partial charge in [-0.15, -0.1) is 0 Å². The molecule has 2 heterocycles. The predicted octanol–water partition coefficient (Wildman–Crippen LogP) is 3.98. The van der Waals surface area contributed by atoms with E-state index in [9.17, 15) is 4.79 Å². The van der Waals surface area contributed by atoms with Gasteiger partial charge in [-0.3, -0.25) is 9.48 Å². The van der Waals surface area contributed by atoms with Crippen molar-refractivity contribution in [3.63, 3.8) is 0 Å². The van der Waals surface area contributed by atoms with Crippen LogP contribution in [0.5, 0.6) is 0 Å². The lowest BCUT2D eigenvalue weighted by Crippen LogP contribution is -2.14. The topological polar surface area (TPSA) is 59.8 Å². The quantitative estimate of drug-likeness (QED) is 0.613. The second-order valence-electron chi connectivity index (χ2n) is 5.71.